The Labute approximate surface area is 221 Å². The number of hydrogen-bond acceptors (Lipinski definition) is 7. The molecule has 1 heterocycles. The molecule has 2 aromatic carbocycles. The van der Waals surface area contributed by atoms with Gasteiger partial charge in [0, 0.05) is 43.3 Å². The van der Waals surface area contributed by atoms with Crippen molar-refractivity contribution in [2.45, 2.75) is 38.3 Å². The minimum atomic E-state index is -4.09. The number of nitro benzene ring substituents is 1. The maximum absolute atomic E-state index is 13.6. The molecule has 3 rings (SSSR count). The Morgan fingerprint density at radius 3 is 2.35 bits per heavy atom. The van der Waals surface area contributed by atoms with Gasteiger partial charge in [-0.3, -0.25) is 14.9 Å². The average Bonchev–Trinajstić information content (AvgIpc) is 3.30. The van der Waals surface area contributed by atoms with Crippen LogP contribution in [0.25, 0.3) is 0 Å². The average molecular weight is 546 g/mol. The van der Waals surface area contributed by atoms with Crippen molar-refractivity contribution in [1.82, 2.24) is 9.21 Å². The number of nitrogens with zero attached hydrogens (tertiary/aromatic N) is 3. The normalized spacial score (nSPS) is 11.5. The van der Waals surface area contributed by atoms with Crippen LogP contribution >= 0.6 is 11.3 Å². The monoisotopic (exact) mass is 545 g/mol. The number of aryl methyl sites for hydroxylation is 1. The minimum Gasteiger partial charge on any atom is -0.382 e. The van der Waals surface area contributed by atoms with Crippen LogP contribution in [0.5, 0.6) is 0 Å². The smallest absolute Gasteiger partial charge is 0.269 e. The van der Waals surface area contributed by atoms with E-state index in [-0.39, 0.29) is 29.6 Å². The van der Waals surface area contributed by atoms with Crippen LogP contribution in [-0.4, -0.2) is 54.8 Å². The van der Waals surface area contributed by atoms with E-state index in [9.17, 15) is 23.3 Å². The summed E-state index contributed by atoms with van der Waals surface area (Å²) in [5, 5.41) is 13.0. The van der Waals surface area contributed by atoms with Crippen LogP contribution in [0.1, 0.15) is 29.3 Å². The number of hydrogen-bond donors (Lipinski definition) is 0. The Morgan fingerprint density at radius 2 is 1.76 bits per heavy atom. The van der Waals surface area contributed by atoms with Gasteiger partial charge in [0.25, 0.3) is 5.69 Å². The highest BCUT2D eigenvalue weighted by molar-refractivity contribution is 7.89. The maximum atomic E-state index is 13.6. The molecule has 0 aliphatic rings. The number of carbonyl (C=O) groups is 1. The van der Waals surface area contributed by atoms with Gasteiger partial charge in [-0.05, 0) is 55.0 Å². The van der Waals surface area contributed by atoms with Crippen molar-refractivity contribution >= 4 is 33.0 Å². The number of amides is 1. The molecule has 0 N–H and O–H groups in total. The van der Waals surface area contributed by atoms with Crippen LogP contribution in [-0.2, 0) is 32.6 Å². The predicted octanol–water partition coefficient (Wildman–Crippen LogP) is 4.61. The Kier molecular flexibility index (Phi) is 10.3. The standard InChI is InChI=1S/C26H31N3O6S2/c1-3-35-16-7-15-28(37(33,34)24-12-10-23(11-13-24)29(31)32)20-26(30)27(18-22-8-5-4-6-9-22)19-25-21(2)14-17-36-25/h4-6,8-14,17H,3,7,15-16,18-20H2,1-2H3. The highest BCUT2D eigenvalue weighted by Crippen LogP contribution is 2.22. The molecule has 0 radical (unpaired) electrons. The van der Waals surface area contributed by atoms with Crippen molar-refractivity contribution < 1.29 is 22.9 Å². The molecule has 37 heavy (non-hydrogen) atoms. The van der Waals surface area contributed by atoms with E-state index in [0.29, 0.717) is 32.7 Å². The molecule has 1 aromatic heterocycles. The zero-order valence-electron chi connectivity index (χ0n) is 20.9. The fraction of sp³-hybridized carbons (Fsp3) is 0.346. The van der Waals surface area contributed by atoms with E-state index in [1.54, 1.807) is 16.2 Å². The lowest BCUT2D eigenvalue weighted by Crippen LogP contribution is -2.43. The van der Waals surface area contributed by atoms with E-state index in [1.807, 2.05) is 55.6 Å². The van der Waals surface area contributed by atoms with Crippen LogP contribution in [0, 0.1) is 17.0 Å². The first-order valence-corrected chi connectivity index (χ1v) is 14.2. The van der Waals surface area contributed by atoms with E-state index in [1.165, 1.54) is 12.1 Å². The maximum Gasteiger partial charge on any atom is 0.269 e. The Hall–Kier alpha value is -3.12. The van der Waals surface area contributed by atoms with Crippen LogP contribution < -0.4 is 0 Å². The summed E-state index contributed by atoms with van der Waals surface area (Å²) in [5.41, 5.74) is 1.80. The molecule has 0 atom stereocenters. The molecule has 0 unspecified atom stereocenters. The largest absolute Gasteiger partial charge is 0.382 e. The Morgan fingerprint density at radius 1 is 1.05 bits per heavy atom. The zero-order valence-corrected chi connectivity index (χ0v) is 22.5. The molecule has 11 heteroatoms. The Balaban J connectivity index is 1.87. The molecular formula is C26H31N3O6S2. The fourth-order valence-corrected chi connectivity index (χ4v) is 6.04. The molecule has 198 valence electrons. The van der Waals surface area contributed by atoms with Gasteiger partial charge in [-0.25, -0.2) is 8.42 Å². The molecule has 0 saturated carbocycles. The molecular weight excluding hydrogens is 514 g/mol. The van der Waals surface area contributed by atoms with Crippen molar-refractivity contribution in [3.63, 3.8) is 0 Å². The van der Waals surface area contributed by atoms with Gasteiger partial charge in [-0.2, -0.15) is 4.31 Å². The van der Waals surface area contributed by atoms with E-state index >= 15 is 0 Å². The molecule has 0 aliphatic heterocycles. The van der Waals surface area contributed by atoms with Gasteiger partial charge in [0.05, 0.1) is 22.9 Å². The highest BCUT2D eigenvalue weighted by atomic mass is 32.2. The lowest BCUT2D eigenvalue weighted by molar-refractivity contribution is -0.384. The summed E-state index contributed by atoms with van der Waals surface area (Å²) < 4.78 is 33.5. The first kappa shape index (κ1) is 28.5. The number of carbonyl (C=O) groups excluding carboxylic acids is 1. The van der Waals surface area contributed by atoms with Gasteiger partial charge >= 0.3 is 0 Å². The van der Waals surface area contributed by atoms with Crippen molar-refractivity contribution in [3.05, 3.63) is 92.2 Å². The second-order valence-corrected chi connectivity index (χ2v) is 11.3. The van der Waals surface area contributed by atoms with E-state index in [0.717, 1.165) is 32.4 Å². The summed E-state index contributed by atoms with van der Waals surface area (Å²) in [7, 11) is -4.09. The van der Waals surface area contributed by atoms with Crippen LogP contribution in [0.3, 0.4) is 0 Å². The van der Waals surface area contributed by atoms with Crippen molar-refractivity contribution in [3.8, 4) is 0 Å². The van der Waals surface area contributed by atoms with Gasteiger partial charge in [-0.1, -0.05) is 30.3 Å². The molecule has 9 nitrogen and oxygen atoms in total. The number of thiophene rings is 1. The zero-order chi connectivity index (χ0) is 26.8. The molecule has 0 spiro atoms. The third-order valence-electron chi connectivity index (χ3n) is 5.77. The summed E-state index contributed by atoms with van der Waals surface area (Å²) in [6, 6.07) is 16.2. The SMILES string of the molecule is CCOCCCN(CC(=O)N(Cc1ccccc1)Cc1sccc1C)S(=O)(=O)c1ccc([N+](=O)[O-])cc1. The lowest BCUT2D eigenvalue weighted by Gasteiger charge is -2.27. The highest BCUT2D eigenvalue weighted by Gasteiger charge is 2.29. The third-order valence-corrected chi connectivity index (χ3v) is 8.64. The Bertz CT molecular complexity index is 1280. The fourth-order valence-electron chi connectivity index (χ4n) is 3.69. The number of rotatable bonds is 14. The second kappa shape index (κ2) is 13.4. The van der Waals surface area contributed by atoms with Gasteiger partial charge in [-0.15, -0.1) is 11.3 Å². The summed E-state index contributed by atoms with van der Waals surface area (Å²) in [6.45, 7) is 5.09. The molecule has 3 aromatic rings. The molecule has 1 amide bonds. The van der Waals surface area contributed by atoms with Crippen LogP contribution in [0.15, 0.2) is 70.9 Å². The summed E-state index contributed by atoms with van der Waals surface area (Å²) in [4.78, 5) is 26.6. The lowest BCUT2D eigenvalue weighted by atomic mass is 10.2. The van der Waals surface area contributed by atoms with Gasteiger partial charge in [0.15, 0.2) is 0 Å². The van der Waals surface area contributed by atoms with Crippen LogP contribution in [0.2, 0.25) is 0 Å². The number of benzene rings is 2. The van der Waals surface area contributed by atoms with E-state index in [2.05, 4.69) is 0 Å². The number of sulfonamides is 1. The second-order valence-electron chi connectivity index (χ2n) is 8.40. The quantitative estimate of drug-likeness (QED) is 0.166. The number of non-ortho nitro benzene ring substituents is 1. The minimum absolute atomic E-state index is 0.0717. The van der Waals surface area contributed by atoms with Gasteiger partial charge in [0.1, 0.15) is 0 Å². The van der Waals surface area contributed by atoms with E-state index in [4.69, 9.17) is 4.74 Å². The summed E-state index contributed by atoms with van der Waals surface area (Å²) >= 11 is 1.55. The van der Waals surface area contributed by atoms with Crippen molar-refractivity contribution in [2.24, 2.45) is 0 Å². The third kappa shape index (κ3) is 7.93. The van der Waals surface area contributed by atoms with E-state index < -0.39 is 14.9 Å². The summed E-state index contributed by atoms with van der Waals surface area (Å²) in [5.74, 6) is -0.335. The van der Waals surface area contributed by atoms with Gasteiger partial charge < -0.3 is 9.64 Å². The van der Waals surface area contributed by atoms with Gasteiger partial charge in [0.2, 0.25) is 15.9 Å². The molecule has 0 bridgehead atoms. The molecule has 0 fully saturated rings. The summed E-state index contributed by atoms with van der Waals surface area (Å²) in [6.07, 6.45) is 0.399. The first-order valence-electron chi connectivity index (χ1n) is 11.9. The first-order chi connectivity index (χ1) is 17.7. The number of ether oxygens (including phenoxy) is 1. The molecule has 0 aliphatic carbocycles. The topological polar surface area (TPSA) is 110 Å². The van der Waals surface area contributed by atoms with Crippen LogP contribution in [0.4, 0.5) is 5.69 Å². The van der Waals surface area contributed by atoms with Crippen molar-refractivity contribution in [1.29, 1.82) is 0 Å². The van der Waals surface area contributed by atoms with Crippen molar-refractivity contribution in [2.75, 3.05) is 26.3 Å². The molecule has 0 saturated heterocycles. The predicted molar refractivity (Wildman–Crippen MR) is 143 cm³/mol. The number of nitro groups is 1.